The van der Waals surface area contributed by atoms with Crippen molar-refractivity contribution in [2.45, 2.75) is 19.8 Å². The molecule has 0 aliphatic carbocycles. The fourth-order valence-corrected chi connectivity index (χ4v) is 4.31. The topological polar surface area (TPSA) is 113 Å². The lowest BCUT2D eigenvalue weighted by Gasteiger charge is -2.33. The van der Waals surface area contributed by atoms with Gasteiger partial charge in [0.25, 0.3) is 0 Å². The highest BCUT2D eigenvalue weighted by Gasteiger charge is 2.33. The number of rotatable bonds is 10. The first-order valence-electron chi connectivity index (χ1n) is 9.76. The summed E-state index contributed by atoms with van der Waals surface area (Å²) in [7, 11) is -3.25. The van der Waals surface area contributed by atoms with Gasteiger partial charge in [0, 0.05) is 25.2 Å². The summed E-state index contributed by atoms with van der Waals surface area (Å²) in [5.41, 5.74) is 0.504. The minimum absolute atomic E-state index is 0.0213. The van der Waals surface area contributed by atoms with Crippen molar-refractivity contribution in [3.63, 3.8) is 0 Å². The number of nitrogens with zero attached hydrogens (tertiary/aromatic N) is 1. The number of carboxylic acid groups (broad SMARTS) is 1. The van der Waals surface area contributed by atoms with E-state index in [0.29, 0.717) is 37.2 Å². The third-order valence-corrected chi connectivity index (χ3v) is 6.47. The van der Waals surface area contributed by atoms with Crippen molar-refractivity contribution in [3.8, 4) is 17.6 Å². The van der Waals surface area contributed by atoms with E-state index in [1.165, 1.54) is 4.31 Å². The van der Waals surface area contributed by atoms with Gasteiger partial charge in [-0.1, -0.05) is 5.92 Å². The molecule has 1 saturated heterocycles. The lowest BCUT2D eigenvalue weighted by Crippen LogP contribution is -2.43. The summed E-state index contributed by atoms with van der Waals surface area (Å²) in [6.07, 6.45) is 2.14. The van der Waals surface area contributed by atoms with Crippen LogP contribution in [-0.2, 0) is 14.8 Å². The van der Waals surface area contributed by atoms with E-state index in [-0.39, 0.29) is 31.4 Å². The zero-order chi connectivity index (χ0) is 22.1. The number of carbonyl (C=O) groups is 2. The van der Waals surface area contributed by atoms with Gasteiger partial charge >= 0.3 is 5.97 Å². The predicted molar refractivity (Wildman–Crippen MR) is 113 cm³/mol. The van der Waals surface area contributed by atoms with Crippen LogP contribution in [0.3, 0.4) is 0 Å². The van der Waals surface area contributed by atoms with Crippen LogP contribution < -0.4 is 10.1 Å². The van der Waals surface area contributed by atoms with Crippen LogP contribution >= 0.6 is 0 Å². The number of carboxylic acids is 1. The number of Topliss-reactive ketones (excluding diaryl/α,β-unsaturated/α-hetero) is 1. The zero-order valence-corrected chi connectivity index (χ0v) is 18.1. The van der Waals surface area contributed by atoms with Gasteiger partial charge in [0.15, 0.2) is 5.78 Å². The summed E-state index contributed by atoms with van der Waals surface area (Å²) in [4.78, 5) is 24.0. The van der Waals surface area contributed by atoms with Crippen molar-refractivity contribution in [2.24, 2.45) is 11.8 Å². The molecule has 8 nitrogen and oxygen atoms in total. The number of carbonyl (C=O) groups excluding carboxylic acids is 1. The molecule has 0 amide bonds. The molecular formula is C21H28N2O6S. The molecule has 0 radical (unpaired) electrons. The molecule has 1 heterocycles. The Hall–Kier alpha value is -2.41. The third kappa shape index (κ3) is 7.13. The molecule has 30 heavy (non-hydrogen) atoms. The van der Waals surface area contributed by atoms with E-state index < -0.39 is 21.9 Å². The highest BCUT2D eigenvalue weighted by atomic mass is 32.2. The molecule has 1 fully saturated rings. The first kappa shape index (κ1) is 23.9. The fourth-order valence-electron chi connectivity index (χ4n) is 3.44. The van der Waals surface area contributed by atoms with Crippen molar-refractivity contribution < 1.29 is 27.9 Å². The van der Waals surface area contributed by atoms with E-state index in [0.717, 1.165) is 6.26 Å². The Kier molecular flexibility index (Phi) is 8.84. The van der Waals surface area contributed by atoms with Crippen molar-refractivity contribution in [1.82, 2.24) is 9.62 Å². The average Bonchev–Trinajstić information content (AvgIpc) is 2.71. The normalized spacial score (nSPS) is 16.3. The summed E-state index contributed by atoms with van der Waals surface area (Å²) in [6, 6.07) is 6.71. The fraction of sp³-hybridized carbons (Fsp3) is 0.524. The number of hydrogen-bond donors (Lipinski definition) is 2. The average molecular weight is 437 g/mol. The van der Waals surface area contributed by atoms with E-state index in [4.69, 9.17) is 4.74 Å². The lowest BCUT2D eigenvalue weighted by atomic mass is 9.84. The molecular weight excluding hydrogens is 408 g/mol. The summed E-state index contributed by atoms with van der Waals surface area (Å²) >= 11 is 0. The second-order valence-electron chi connectivity index (χ2n) is 7.24. The second kappa shape index (κ2) is 11.1. The van der Waals surface area contributed by atoms with E-state index >= 15 is 0 Å². The van der Waals surface area contributed by atoms with Crippen molar-refractivity contribution >= 4 is 21.8 Å². The smallest absolute Gasteiger partial charge is 0.308 e. The Labute approximate surface area is 177 Å². The third-order valence-electron chi connectivity index (χ3n) is 5.17. The number of ketones is 1. The Bertz CT molecular complexity index is 894. The van der Waals surface area contributed by atoms with Crippen LogP contribution in [-0.4, -0.2) is 68.6 Å². The molecule has 1 atom stereocenters. The molecule has 2 N–H and O–H groups in total. The first-order valence-corrected chi connectivity index (χ1v) is 11.6. The van der Waals surface area contributed by atoms with Crippen LogP contribution in [0.5, 0.6) is 5.75 Å². The molecule has 1 aromatic rings. The molecule has 0 aromatic heterocycles. The highest BCUT2D eigenvalue weighted by molar-refractivity contribution is 7.88. The van der Waals surface area contributed by atoms with Gasteiger partial charge in [-0.05, 0) is 49.9 Å². The standard InChI is InChI=1S/C21H28N2O6S/c1-3-4-13-29-18-7-5-17(6-8-18)20(24)15-22-14-19(21(25)26)16-9-11-23(12-10-16)30(2,27)28/h5-8,16,19,22H,9-15H2,1-2H3,(H,25,26)/t19-/m1/s1. The summed E-state index contributed by atoms with van der Waals surface area (Å²) < 4.78 is 30.0. The van der Waals surface area contributed by atoms with Crippen molar-refractivity contribution in [3.05, 3.63) is 29.8 Å². The van der Waals surface area contributed by atoms with Gasteiger partial charge in [0.1, 0.15) is 12.4 Å². The van der Waals surface area contributed by atoms with E-state index in [1.807, 2.05) is 0 Å². The summed E-state index contributed by atoms with van der Waals surface area (Å²) in [5, 5.41) is 12.5. The van der Waals surface area contributed by atoms with Crippen LogP contribution in [0.25, 0.3) is 0 Å². The van der Waals surface area contributed by atoms with E-state index in [1.54, 1.807) is 31.2 Å². The van der Waals surface area contributed by atoms with Crippen LogP contribution in [0.2, 0.25) is 0 Å². The molecule has 1 aromatic carbocycles. The maximum atomic E-state index is 12.4. The van der Waals surface area contributed by atoms with Crippen LogP contribution in [0.1, 0.15) is 30.1 Å². The predicted octanol–water partition coefficient (Wildman–Crippen LogP) is 1.23. The van der Waals surface area contributed by atoms with Gasteiger partial charge in [0.2, 0.25) is 10.0 Å². The van der Waals surface area contributed by atoms with E-state index in [2.05, 4.69) is 17.2 Å². The van der Waals surface area contributed by atoms with Crippen LogP contribution in [0.4, 0.5) is 0 Å². The Morgan fingerprint density at radius 1 is 1.27 bits per heavy atom. The molecule has 0 spiro atoms. The summed E-state index contributed by atoms with van der Waals surface area (Å²) in [5.74, 6) is 4.25. The van der Waals surface area contributed by atoms with Gasteiger partial charge < -0.3 is 15.2 Å². The molecule has 0 saturated carbocycles. The monoisotopic (exact) mass is 436 g/mol. The van der Waals surface area contributed by atoms with E-state index in [9.17, 15) is 23.1 Å². The Morgan fingerprint density at radius 2 is 1.90 bits per heavy atom. The highest BCUT2D eigenvalue weighted by Crippen LogP contribution is 2.26. The number of benzene rings is 1. The number of sulfonamides is 1. The minimum Gasteiger partial charge on any atom is -0.481 e. The largest absolute Gasteiger partial charge is 0.481 e. The van der Waals surface area contributed by atoms with Gasteiger partial charge in [0.05, 0.1) is 18.7 Å². The molecule has 9 heteroatoms. The van der Waals surface area contributed by atoms with Gasteiger partial charge in [-0.25, -0.2) is 12.7 Å². The molecule has 1 aliphatic rings. The number of ether oxygens (including phenoxy) is 1. The van der Waals surface area contributed by atoms with Gasteiger partial charge in [-0.3, -0.25) is 9.59 Å². The van der Waals surface area contributed by atoms with Crippen molar-refractivity contribution in [2.75, 3.05) is 39.0 Å². The molecule has 2 rings (SSSR count). The molecule has 164 valence electrons. The Morgan fingerprint density at radius 3 is 2.43 bits per heavy atom. The molecule has 0 unspecified atom stereocenters. The van der Waals surface area contributed by atoms with Crippen LogP contribution in [0.15, 0.2) is 24.3 Å². The minimum atomic E-state index is -3.25. The number of hydrogen-bond acceptors (Lipinski definition) is 6. The number of aliphatic carboxylic acids is 1. The first-order chi connectivity index (χ1) is 14.2. The van der Waals surface area contributed by atoms with Gasteiger partial charge in [-0.15, -0.1) is 5.92 Å². The van der Waals surface area contributed by atoms with Crippen molar-refractivity contribution in [1.29, 1.82) is 0 Å². The van der Waals surface area contributed by atoms with Crippen LogP contribution in [0, 0.1) is 23.7 Å². The summed E-state index contributed by atoms with van der Waals surface area (Å²) in [6.45, 7) is 2.83. The number of nitrogens with one attached hydrogen (secondary N) is 1. The molecule has 0 bridgehead atoms. The number of piperidine rings is 1. The lowest BCUT2D eigenvalue weighted by molar-refractivity contribution is -0.144. The Balaban J connectivity index is 1.83. The molecule has 1 aliphatic heterocycles. The quantitative estimate of drug-likeness (QED) is 0.419. The van der Waals surface area contributed by atoms with Gasteiger partial charge in [-0.2, -0.15) is 0 Å². The maximum absolute atomic E-state index is 12.4. The maximum Gasteiger partial charge on any atom is 0.308 e. The SMILES string of the molecule is CC#CCOc1ccc(C(=O)CNC[C@@H](C(=O)O)C2CCN(S(C)(=O)=O)CC2)cc1. The second-order valence-corrected chi connectivity index (χ2v) is 9.22. The zero-order valence-electron chi connectivity index (χ0n) is 17.3.